The molecule has 2 aromatic carbocycles. The molecule has 0 radical (unpaired) electrons. The van der Waals surface area contributed by atoms with Crippen LogP contribution >= 0.6 is 0 Å². The predicted octanol–water partition coefficient (Wildman–Crippen LogP) is 3.75. The summed E-state index contributed by atoms with van der Waals surface area (Å²) >= 11 is 0. The Bertz CT molecular complexity index is 603. The number of rotatable bonds is 2. The van der Waals surface area contributed by atoms with Gasteiger partial charge in [-0.05, 0) is 11.6 Å². The fourth-order valence-corrected chi connectivity index (χ4v) is 1.63. The monoisotopic (exact) mass is 226 g/mol. The molecule has 0 amide bonds. The fourth-order valence-electron chi connectivity index (χ4n) is 1.63. The first-order valence-electron chi connectivity index (χ1n) is 4.92. The summed E-state index contributed by atoms with van der Waals surface area (Å²) in [6, 6.07) is 13.6. The van der Waals surface area contributed by atoms with Gasteiger partial charge in [0.15, 0.2) is 4.98 Å². The van der Waals surface area contributed by atoms with Crippen LogP contribution in [-0.4, -0.2) is 4.92 Å². The smallest absolute Gasteiger partial charge is 0.258 e. The molecule has 2 aromatic rings. The van der Waals surface area contributed by atoms with Crippen LogP contribution in [0.4, 0.5) is 11.4 Å². The first-order valence-corrected chi connectivity index (χ1v) is 4.92. The minimum atomic E-state index is -0.568. The van der Waals surface area contributed by atoms with Crippen molar-refractivity contribution in [2.75, 3.05) is 0 Å². The number of nitro groups is 1. The van der Waals surface area contributed by atoms with Crippen LogP contribution in [0, 0.1) is 15.5 Å². The molecule has 0 aromatic heterocycles. The summed E-state index contributed by atoms with van der Waals surface area (Å²) in [5.74, 6) is 0. The van der Waals surface area contributed by atoms with E-state index in [0.29, 0.717) is 5.56 Å². The minimum Gasteiger partial charge on any atom is -0.258 e. The zero-order chi connectivity index (χ0) is 12.3. The lowest BCUT2D eigenvalue weighted by Crippen LogP contribution is -1.89. The quantitative estimate of drug-likeness (QED) is 0.444. The highest BCUT2D eigenvalue weighted by Crippen LogP contribution is 2.37. The highest BCUT2D eigenvalue weighted by atomic mass is 16.6. The van der Waals surface area contributed by atoms with Crippen LogP contribution in [0.25, 0.3) is 16.1 Å². The van der Waals surface area contributed by atoms with Gasteiger partial charge in [0.2, 0.25) is 5.39 Å². The molecule has 17 heavy (non-hydrogen) atoms. The summed E-state index contributed by atoms with van der Waals surface area (Å²) in [4.78, 5) is 13.3. The fraction of sp³-hybridized carbons (Fsp3) is 0. The molecular formula is C12H8N3O2+. The Morgan fingerprint density at radius 2 is 1.76 bits per heavy atom. The van der Waals surface area contributed by atoms with E-state index in [-0.39, 0.29) is 11.4 Å². The van der Waals surface area contributed by atoms with E-state index < -0.39 is 4.92 Å². The van der Waals surface area contributed by atoms with Crippen LogP contribution < -0.4 is 0 Å². The van der Waals surface area contributed by atoms with Gasteiger partial charge in [-0.3, -0.25) is 10.1 Å². The third-order valence-corrected chi connectivity index (χ3v) is 2.40. The van der Waals surface area contributed by atoms with E-state index in [1.807, 2.05) is 18.2 Å². The molecule has 0 fully saturated rings. The molecule has 5 heteroatoms. The lowest BCUT2D eigenvalue weighted by molar-refractivity contribution is -0.383. The lowest BCUT2D eigenvalue weighted by atomic mass is 10.0. The molecule has 0 saturated carbocycles. The van der Waals surface area contributed by atoms with Gasteiger partial charge in [0.25, 0.3) is 0 Å². The number of benzene rings is 2. The van der Waals surface area contributed by atoms with Crippen LogP contribution in [-0.2, 0) is 0 Å². The van der Waals surface area contributed by atoms with Gasteiger partial charge in [0.05, 0.1) is 10.5 Å². The Hall–Kier alpha value is -2.74. The first-order chi connectivity index (χ1) is 8.24. The second-order valence-electron chi connectivity index (χ2n) is 3.40. The molecule has 0 bridgehead atoms. The van der Waals surface area contributed by atoms with Crippen molar-refractivity contribution >= 4 is 11.4 Å². The van der Waals surface area contributed by atoms with Crippen molar-refractivity contribution in [1.29, 1.82) is 5.39 Å². The van der Waals surface area contributed by atoms with E-state index in [9.17, 15) is 10.1 Å². The topological polar surface area (TPSA) is 71.3 Å². The predicted molar refractivity (Wildman–Crippen MR) is 63.3 cm³/mol. The SMILES string of the molecule is N#[N+]c1c(-c2ccccc2)cccc1[N+](=O)[O-]. The Morgan fingerprint density at radius 1 is 1.06 bits per heavy atom. The molecule has 82 valence electrons. The second kappa shape index (κ2) is 4.41. The van der Waals surface area contributed by atoms with Gasteiger partial charge in [-0.1, -0.05) is 36.4 Å². The average Bonchev–Trinajstić information content (AvgIpc) is 2.38. The van der Waals surface area contributed by atoms with E-state index in [4.69, 9.17) is 5.39 Å². The summed E-state index contributed by atoms with van der Waals surface area (Å²) in [7, 11) is 0. The van der Waals surface area contributed by atoms with Gasteiger partial charge in [-0.15, -0.1) is 0 Å². The van der Waals surface area contributed by atoms with Crippen molar-refractivity contribution in [2.45, 2.75) is 0 Å². The van der Waals surface area contributed by atoms with Crippen molar-refractivity contribution < 1.29 is 4.92 Å². The van der Waals surface area contributed by atoms with Gasteiger partial charge in [0, 0.05) is 6.07 Å². The molecule has 0 saturated heterocycles. The van der Waals surface area contributed by atoms with Gasteiger partial charge >= 0.3 is 11.4 Å². The minimum absolute atomic E-state index is 0.0244. The molecule has 2 rings (SSSR count). The van der Waals surface area contributed by atoms with Crippen LogP contribution in [0.3, 0.4) is 0 Å². The van der Waals surface area contributed by atoms with Crippen LogP contribution in [0.1, 0.15) is 0 Å². The van der Waals surface area contributed by atoms with Crippen molar-refractivity contribution in [2.24, 2.45) is 0 Å². The zero-order valence-electron chi connectivity index (χ0n) is 8.78. The highest BCUT2D eigenvalue weighted by Gasteiger charge is 2.29. The summed E-state index contributed by atoms with van der Waals surface area (Å²) < 4.78 is 0. The Kier molecular flexibility index (Phi) is 2.79. The lowest BCUT2D eigenvalue weighted by Gasteiger charge is -1.97. The number of hydrogen-bond donors (Lipinski definition) is 0. The molecule has 0 aliphatic carbocycles. The highest BCUT2D eigenvalue weighted by molar-refractivity contribution is 5.84. The van der Waals surface area contributed by atoms with Crippen molar-refractivity contribution in [3.05, 3.63) is 63.6 Å². The molecule has 0 spiro atoms. The van der Waals surface area contributed by atoms with Gasteiger partial charge in [0.1, 0.15) is 0 Å². The van der Waals surface area contributed by atoms with Crippen molar-refractivity contribution in [3.63, 3.8) is 0 Å². The molecular weight excluding hydrogens is 218 g/mol. The van der Waals surface area contributed by atoms with Gasteiger partial charge in [-0.25, -0.2) is 0 Å². The molecule has 0 aliphatic rings. The van der Waals surface area contributed by atoms with E-state index in [2.05, 4.69) is 4.98 Å². The maximum Gasteiger partial charge on any atom is 0.468 e. The maximum absolute atomic E-state index is 10.8. The normalized spacial score (nSPS) is 9.59. The molecule has 5 nitrogen and oxygen atoms in total. The summed E-state index contributed by atoms with van der Waals surface area (Å²) in [6.07, 6.45) is 0. The van der Waals surface area contributed by atoms with Crippen LogP contribution in [0.15, 0.2) is 48.5 Å². The largest absolute Gasteiger partial charge is 0.468 e. The Balaban J connectivity index is 2.68. The van der Waals surface area contributed by atoms with E-state index in [0.717, 1.165) is 5.56 Å². The molecule has 0 N–H and O–H groups in total. The Morgan fingerprint density at radius 3 is 2.35 bits per heavy atom. The molecule has 0 heterocycles. The van der Waals surface area contributed by atoms with E-state index >= 15 is 0 Å². The standard InChI is InChI=1S/C12H8N3O2/c13-14-12-10(9-5-2-1-3-6-9)7-4-8-11(12)15(16)17/h1-8H/q+1. The third-order valence-electron chi connectivity index (χ3n) is 2.40. The van der Waals surface area contributed by atoms with Crippen molar-refractivity contribution in [1.82, 2.24) is 0 Å². The van der Waals surface area contributed by atoms with Gasteiger partial charge < -0.3 is 0 Å². The van der Waals surface area contributed by atoms with E-state index in [1.165, 1.54) is 6.07 Å². The average molecular weight is 226 g/mol. The summed E-state index contributed by atoms with van der Waals surface area (Å²) in [5, 5.41) is 19.7. The number of hydrogen-bond acceptors (Lipinski definition) is 3. The van der Waals surface area contributed by atoms with Crippen molar-refractivity contribution in [3.8, 4) is 11.1 Å². The summed E-state index contributed by atoms with van der Waals surface area (Å²) in [6.45, 7) is 0. The Labute approximate surface area is 97.1 Å². The number of diazo groups is 1. The molecule has 0 aliphatic heterocycles. The zero-order valence-corrected chi connectivity index (χ0v) is 8.78. The second-order valence-corrected chi connectivity index (χ2v) is 3.40. The third kappa shape index (κ3) is 1.96. The number of nitrogens with zero attached hydrogens (tertiary/aromatic N) is 3. The maximum atomic E-state index is 10.8. The number of nitro benzene ring substituents is 1. The van der Waals surface area contributed by atoms with Gasteiger partial charge in [-0.2, -0.15) is 0 Å². The molecule has 0 unspecified atom stereocenters. The molecule has 0 atom stereocenters. The first kappa shape index (κ1) is 10.8. The van der Waals surface area contributed by atoms with Crippen LogP contribution in [0.2, 0.25) is 0 Å². The van der Waals surface area contributed by atoms with Crippen LogP contribution in [0.5, 0.6) is 0 Å². The summed E-state index contributed by atoms with van der Waals surface area (Å²) in [5.41, 5.74) is 1.06. The van der Waals surface area contributed by atoms with E-state index in [1.54, 1.807) is 24.3 Å².